The molecule has 0 aromatic heterocycles. The van der Waals surface area contributed by atoms with Gasteiger partial charge in [0.05, 0.1) is 12.7 Å². The molecule has 17 heavy (non-hydrogen) atoms. The normalized spacial score (nSPS) is 10.0. The molecule has 1 rings (SSSR count). The Labute approximate surface area is 105 Å². The summed E-state index contributed by atoms with van der Waals surface area (Å²) in [5, 5.41) is 0. The van der Waals surface area contributed by atoms with Crippen LogP contribution in [0.5, 0.6) is 5.75 Å². The van der Waals surface area contributed by atoms with Gasteiger partial charge in [0.15, 0.2) is 0 Å². The van der Waals surface area contributed by atoms with Gasteiger partial charge in [0.2, 0.25) is 0 Å². The van der Waals surface area contributed by atoms with Gasteiger partial charge in [-0.05, 0) is 17.9 Å². The van der Waals surface area contributed by atoms with Crippen LogP contribution in [-0.2, 0) is 4.74 Å². The first-order valence-electron chi connectivity index (χ1n) is 5.36. The second-order valence-corrected chi connectivity index (χ2v) is 4.72. The predicted molar refractivity (Wildman–Crippen MR) is 70.7 cm³/mol. The summed E-state index contributed by atoms with van der Waals surface area (Å²) >= 11 is 1.73. The lowest BCUT2D eigenvalue weighted by Gasteiger charge is -2.07. The van der Waals surface area contributed by atoms with E-state index in [0.29, 0.717) is 23.6 Å². The largest absolute Gasteiger partial charge is 0.497 e. The molecule has 0 fully saturated rings. The Balaban J connectivity index is 2.59. The fraction of sp³-hybridized carbons (Fsp3) is 0.417. The van der Waals surface area contributed by atoms with Crippen LogP contribution >= 0.6 is 11.8 Å². The van der Waals surface area contributed by atoms with Gasteiger partial charge in [-0.3, -0.25) is 0 Å². The Bertz CT molecular complexity index is 382. The lowest BCUT2D eigenvalue weighted by molar-refractivity contribution is 0.0530. The molecule has 0 unspecified atom stereocenters. The third kappa shape index (κ3) is 4.56. The highest BCUT2D eigenvalue weighted by Gasteiger charge is 2.09. The number of rotatable bonds is 6. The number of thioether (sulfide) groups is 1. The van der Waals surface area contributed by atoms with Crippen molar-refractivity contribution in [1.29, 1.82) is 0 Å². The van der Waals surface area contributed by atoms with Gasteiger partial charge in [0, 0.05) is 17.5 Å². The summed E-state index contributed by atoms with van der Waals surface area (Å²) in [6.07, 6.45) is 0. The van der Waals surface area contributed by atoms with Crippen molar-refractivity contribution < 1.29 is 14.3 Å². The molecule has 1 aromatic carbocycles. The van der Waals surface area contributed by atoms with Crippen molar-refractivity contribution in [3.63, 3.8) is 0 Å². The Morgan fingerprint density at radius 3 is 2.82 bits per heavy atom. The molecule has 0 radical (unpaired) electrons. The molecule has 0 amide bonds. The molecule has 0 bridgehead atoms. The number of nitrogens with two attached hydrogens (primary N) is 1. The first-order valence-corrected chi connectivity index (χ1v) is 6.52. The quantitative estimate of drug-likeness (QED) is 0.479. The molecule has 0 heterocycles. The topological polar surface area (TPSA) is 61.5 Å². The molecule has 1 aromatic rings. The van der Waals surface area contributed by atoms with Gasteiger partial charge in [0.25, 0.3) is 0 Å². The summed E-state index contributed by atoms with van der Waals surface area (Å²) in [6.45, 7) is 2.48. The number of hydrogen-bond donors (Lipinski definition) is 1. The molecular weight excluding hydrogens is 238 g/mol. The van der Waals surface area contributed by atoms with Crippen LogP contribution in [0.1, 0.15) is 17.3 Å². The van der Waals surface area contributed by atoms with Crippen LogP contribution in [0.3, 0.4) is 0 Å². The van der Waals surface area contributed by atoms with Gasteiger partial charge in [-0.1, -0.05) is 6.92 Å². The van der Waals surface area contributed by atoms with Crippen LogP contribution in [0.2, 0.25) is 0 Å². The molecule has 0 saturated heterocycles. The smallest absolute Gasteiger partial charge is 0.338 e. The molecule has 0 saturated carbocycles. The maximum absolute atomic E-state index is 11.7. The number of nitrogen functional groups attached to an aromatic ring is 1. The van der Waals surface area contributed by atoms with E-state index in [1.54, 1.807) is 30.0 Å². The number of carbonyl (C=O) groups excluding carboxylic acids is 1. The van der Waals surface area contributed by atoms with Gasteiger partial charge >= 0.3 is 5.97 Å². The monoisotopic (exact) mass is 255 g/mol. The number of hydrogen-bond acceptors (Lipinski definition) is 5. The van der Waals surface area contributed by atoms with E-state index in [1.807, 2.05) is 0 Å². The molecule has 0 spiro atoms. The fourth-order valence-electron chi connectivity index (χ4n) is 1.28. The minimum absolute atomic E-state index is 0.368. The average molecular weight is 255 g/mol. The molecule has 0 aliphatic carbocycles. The molecule has 5 heteroatoms. The van der Waals surface area contributed by atoms with Crippen LogP contribution in [-0.4, -0.2) is 31.2 Å². The van der Waals surface area contributed by atoms with Crippen molar-refractivity contribution in [1.82, 2.24) is 0 Å². The van der Waals surface area contributed by atoms with E-state index in [9.17, 15) is 4.79 Å². The second kappa shape index (κ2) is 7.06. The molecule has 2 N–H and O–H groups in total. The highest BCUT2D eigenvalue weighted by molar-refractivity contribution is 7.99. The first-order chi connectivity index (χ1) is 8.17. The summed E-state index contributed by atoms with van der Waals surface area (Å²) in [4.78, 5) is 11.7. The molecule has 94 valence electrons. The number of benzene rings is 1. The number of esters is 1. The van der Waals surface area contributed by atoms with Crippen molar-refractivity contribution in [3.05, 3.63) is 23.8 Å². The third-order valence-electron chi connectivity index (χ3n) is 2.07. The molecular formula is C12H17NO3S. The van der Waals surface area contributed by atoms with Gasteiger partial charge in [-0.2, -0.15) is 11.8 Å². The van der Waals surface area contributed by atoms with E-state index >= 15 is 0 Å². The third-order valence-corrected chi connectivity index (χ3v) is 2.93. The maximum atomic E-state index is 11.7. The number of ether oxygens (including phenoxy) is 2. The minimum atomic E-state index is -0.368. The molecule has 0 atom stereocenters. The van der Waals surface area contributed by atoms with Crippen LogP contribution < -0.4 is 10.5 Å². The predicted octanol–water partition coefficient (Wildman–Crippen LogP) is 2.19. The summed E-state index contributed by atoms with van der Waals surface area (Å²) in [5.41, 5.74) is 6.56. The Hall–Kier alpha value is -1.36. The highest BCUT2D eigenvalue weighted by atomic mass is 32.2. The maximum Gasteiger partial charge on any atom is 0.338 e. The zero-order chi connectivity index (χ0) is 12.7. The number of anilines is 1. The number of methoxy groups -OCH3 is 1. The molecule has 0 aliphatic rings. The summed E-state index contributed by atoms with van der Waals surface area (Å²) < 4.78 is 10.2. The lowest BCUT2D eigenvalue weighted by Crippen LogP contribution is -2.08. The molecule has 4 nitrogen and oxygen atoms in total. The van der Waals surface area contributed by atoms with E-state index < -0.39 is 0 Å². The summed E-state index contributed by atoms with van der Waals surface area (Å²) in [7, 11) is 1.53. The van der Waals surface area contributed by atoms with E-state index in [-0.39, 0.29) is 5.97 Å². The SMILES string of the molecule is CCSCCOC(=O)c1cc(N)cc(OC)c1. The average Bonchev–Trinajstić information content (AvgIpc) is 2.33. The molecule has 0 aliphatic heterocycles. The van der Waals surface area contributed by atoms with E-state index in [4.69, 9.17) is 15.2 Å². The van der Waals surface area contributed by atoms with E-state index in [1.165, 1.54) is 7.11 Å². The van der Waals surface area contributed by atoms with Crippen LogP contribution in [0.25, 0.3) is 0 Å². The van der Waals surface area contributed by atoms with Crippen LogP contribution in [0.4, 0.5) is 5.69 Å². The van der Waals surface area contributed by atoms with Crippen molar-refractivity contribution in [2.45, 2.75) is 6.92 Å². The van der Waals surface area contributed by atoms with Gasteiger partial charge in [0.1, 0.15) is 12.4 Å². The van der Waals surface area contributed by atoms with E-state index in [0.717, 1.165) is 11.5 Å². The minimum Gasteiger partial charge on any atom is -0.497 e. The van der Waals surface area contributed by atoms with Crippen LogP contribution in [0, 0.1) is 0 Å². The van der Waals surface area contributed by atoms with Crippen molar-refractivity contribution in [2.24, 2.45) is 0 Å². The standard InChI is InChI=1S/C12H17NO3S/c1-3-17-5-4-16-12(14)9-6-10(13)8-11(7-9)15-2/h6-8H,3-5,13H2,1-2H3. The van der Waals surface area contributed by atoms with Gasteiger partial charge in [-0.25, -0.2) is 4.79 Å². The van der Waals surface area contributed by atoms with Gasteiger partial charge < -0.3 is 15.2 Å². The fourth-order valence-corrected chi connectivity index (χ4v) is 1.77. The second-order valence-electron chi connectivity index (χ2n) is 3.33. The van der Waals surface area contributed by atoms with Crippen molar-refractivity contribution in [2.75, 3.05) is 31.0 Å². The first kappa shape index (κ1) is 13.7. The van der Waals surface area contributed by atoms with Gasteiger partial charge in [-0.15, -0.1) is 0 Å². The zero-order valence-corrected chi connectivity index (χ0v) is 10.9. The highest BCUT2D eigenvalue weighted by Crippen LogP contribution is 2.19. The van der Waals surface area contributed by atoms with Crippen LogP contribution in [0.15, 0.2) is 18.2 Å². The Kier molecular flexibility index (Phi) is 5.69. The summed E-state index contributed by atoms with van der Waals surface area (Å²) in [6, 6.07) is 4.85. The number of carbonyl (C=O) groups is 1. The zero-order valence-electron chi connectivity index (χ0n) is 10.1. The lowest BCUT2D eigenvalue weighted by atomic mass is 10.2. The van der Waals surface area contributed by atoms with Crippen molar-refractivity contribution in [3.8, 4) is 5.75 Å². The van der Waals surface area contributed by atoms with Crippen molar-refractivity contribution >= 4 is 23.4 Å². The Morgan fingerprint density at radius 2 is 2.18 bits per heavy atom. The Morgan fingerprint density at radius 1 is 1.41 bits per heavy atom. The van der Waals surface area contributed by atoms with E-state index in [2.05, 4.69) is 6.92 Å². The summed E-state index contributed by atoms with van der Waals surface area (Å²) in [5.74, 6) is 2.01.